The second-order valence-electron chi connectivity index (χ2n) is 6.44. The third kappa shape index (κ3) is 2.85. The van der Waals surface area contributed by atoms with E-state index in [2.05, 4.69) is 19.2 Å². The number of rotatable bonds is 2. The van der Waals surface area contributed by atoms with Crippen LogP contribution in [-0.2, 0) is 0 Å². The lowest BCUT2D eigenvalue weighted by Gasteiger charge is -2.47. The Bertz CT molecular complexity index is 499. The van der Waals surface area contributed by atoms with Crippen LogP contribution in [0.3, 0.4) is 0 Å². The molecule has 0 aromatic heterocycles. The molecule has 1 heterocycles. The molecule has 1 amide bonds. The zero-order valence-electron chi connectivity index (χ0n) is 12.6. The van der Waals surface area contributed by atoms with Crippen LogP contribution >= 0.6 is 0 Å². The summed E-state index contributed by atoms with van der Waals surface area (Å²) in [7, 11) is 0. The molecule has 1 atom stereocenters. The molecule has 2 rings (SSSR count). The minimum atomic E-state index is -0.451. The van der Waals surface area contributed by atoms with Crippen molar-refractivity contribution in [3.8, 4) is 0 Å². The molecule has 0 saturated carbocycles. The molecular formula is C16H23FN2O. The van der Waals surface area contributed by atoms with Gasteiger partial charge >= 0.3 is 0 Å². The molecule has 3 nitrogen and oxygen atoms in total. The van der Waals surface area contributed by atoms with E-state index in [9.17, 15) is 9.18 Å². The molecular weight excluding hydrogens is 255 g/mol. The molecule has 110 valence electrons. The van der Waals surface area contributed by atoms with Crippen LogP contribution in [0.1, 0.15) is 38.1 Å². The first-order chi connectivity index (χ1) is 9.33. The van der Waals surface area contributed by atoms with E-state index in [0.29, 0.717) is 12.5 Å². The molecule has 0 bridgehead atoms. The van der Waals surface area contributed by atoms with Crippen LogP contribution in [0.2, 0.25) is 0 Å². The number of nitrogens with zero attached hydrogens (tertiary/aromatic N) is 1. The van der Waals surface area contributed by atoms with Gasteiger partial charge in [0.2, 0.25) is 0 Å². The Hall–Kier alpha value is -1.42. The van der Waals surface area contributed by atoms with Gasteiger partial charge in [0.15, 0.2) is 0 Å². The first kappa shape index (κ1) is 15.0. The largest absolute Gasteiger partial charge is 0.331 e. The molecule has 1 N–H and O–H groups in total. The standard InChI is InChI=1S/C16H23FN2O/c1-11(2)14-9-19(16(3,4)10-18-14)15(20)12-7-5-6-8-13(12)17/h5-8,11,14,18H,9-10H2,1-4H3. The second kappa shape index (κ2) is 5.52. The van der Waals surface area contributed by atoms with Crippen LogP contribution < -0.4 is 5.32 Å². The number of hydrogen-bond acceptors (Lipinski definition) is 2. The summed E-state index contributed by atoms with van der Waals surface area (Å²) in [4.78, 5) is 14.5. The summed E-state index contributed by atoms with van der Waals surface area (Å²) < 4.78 is 13.8. The summed E-state index contributed by atoms with van der Waals surface area (Å²) in [6.45, 7) is 9.60. The molecule has 1 unspecified atom stereocenters. The van der Waals surface area contributed by atoms with Crippen molar-refractivity contribution in [2.24, 2.45) is 5.92 Å². The first-order valence-corrected chi connectivity index (χ1v) is 7.13. The van der Waals surface area contributed by atoms with Crippen molar-refractivity contribution in [1.29, 1.82) is 0 Å². The molecule has 20 heavy (non-hydrogen) atoms. The Morgan fingerprint density at radius 3 is 2.65 bits per heavy atom. The summed E-state index contributed by atoms with van der Waals surface area (Å²) in [6, 6.07) is 6.44. The monoisotopic (exact) mass is 278 g/mol. The average Bonchev–Trinajstić information content (AvgIpc) is 2.38. The lowest BCUT2D eigenvalue weighted by molar-refractivity contribution is 0.0349. The Morgan fingerprint density at radius 2 is 2.05 bits per heavy atom. The number of carbonyl (C=O) groups excluding carboxylic acids is 1. The summed E-state index contributed by atoms with van der Waals surface area (Å²) in [6.07, 6.45) is 0. The number of halogens is 1. The summed E-state index contributed by atoms with van der Waals surface area (Å²) in [5.74, 6) is -0.241. The fourth-order valence-corrected chi connectivity index (χ4v) is 2.57. The van der Waals surface area contributed by atoms with Gasteiger partial charge in [-0.25, -0.2) is 4.39 Å². The number of benzene rings is 1. The van der Waals surface area contributed by atoms with Crippen LogP contribution in [-0.4, -0.2) is 35.5 Å². The Kier molecular flexibility index (Phi) is 4.14. The van der Waals surface area contributed by atoms with Crippen LogP contribution in [0, 0.1) is 11.7 Å². The molecule has 0 radical (unpaired) electrons. The topological polar surface area (TPSA) is 32.3 Å². The van der Waals surface area contributed by atoms with E-state index in [1.54, 1.807) is 23.1 Å². The predicted octanol–water partition coefficient (Wildman–Crippen LogP) is 2.67. The molecule has 4 heteroatoms. The molecule has 0 aliphatic carbocycles. The van der Waals surface area contributed by atoms with Gasteiger partial charge in [-0.05, 0) is 31.9 Å². The third-order valence-corrected chi connectivity index (χ3v) is 4.06. The first-order valence-electron chi connectivity index (χ1n) is 7.13. The van der Waals surface area contributed by atoms with E-state index in [0.717, 1.165) is 6.54 Å². The lowest BCUT2D eigenvalue weighted by atomic mass is 9.92. The van der Waals surface area contributed by atoms with Gasteiger partial charge in [0.1, 0.15) is 5.82 Å². The van der Waals surface area contributed by atoms with E-state index in [4.69, 9.17) is 0 Å². The summed E-state index contributed by atoms with van der Waals surface area (Å²) in [5, 5.41) is 3.47. The smallest absolute Gasteiger partial charge is 0.257 e. The highest BCUT2D eigenvalue weighted by molar-refractivity contribution is 5.95. The van der Waals surface area contributed by atoms with Crippen LogP contribution in [0.15, 0.2) is 24.3 Å². The number of hydrogen-bond donors (Lipinski definition) is 1. The van der Waals surface area contributed by atoms with E-state index >= 15 is 0 Å². The zero-order valence-corrected chi connectivity index (χ0v) is 12.6. The minimum absolute atomic E-state index is 0.157. The molecule has 1 aliphatic rings. The van der Waals surface area contributed by atoms with E-state index in [1.807, 2.05) is 13.8 Å². The molecule has 1 aromatic rings. The van der Waals surface area contributed by atoms with Crippen molar-refractivity contribution in [2.75, 3.05) is 13.1 Å². The zero-order chi connectivity index (χ0) is 14.9. The molecule has 1 aromatic carbocycles. The van der Waals surface area contributed by atoms with Gasteiger partial charge in [0.05, 0.1) is 11.1 Å². The highest BCUT2D eigenvalue weighted by Gasteiger charge is 2.38. The van der Waals surface area contributed by atoms with Crippen LogP contribution in [0.4, 0.5) is 4.39 Å². The van der Waals surface area contributed by atoms with Crippen molar-refractivity contribution >= 4 is 5.91 Å². The van der Waals surface area contributed by atoms with Crippen molar-refractivity contribution in [1.82, 2.24) is 10.2 Å². The van der Waals surface area contributed by atoms with Gasteiger partial charge < -0.3 is 10.2 Å². The van der Waals surface area contributed by atoms with Gasteiger partial charge in [-0.2, -0.15) is 0 Å². The Balaban J connectivity index is 2.28. The predicted molar refractivity (Wildman–Crippen MR) is 78.1 cm³/mol. The van der Waals surface area contributed by atoms with E-state index in [1.165, 1.54) is 6.07 Å². The van der Waals surface area contributed by atoms with Crippen molar-refractivity contribution < 1.29 is 9.18 Å². The highest BCUT2D eigenvalue weighted by atomic mass is 19.1. The van der Waals surface area contributed by atoms with Crippen molar-refractivity contribution in [3.63, 3.8) is 0 Å². The number of amides is 1. The molecule has 1 fully saturated rings. The van der Waals surface area contributed by atoms with E-state index < -0.39 is 5.82 Å². The average molecular weight is 278 g/mol. The van der Waals surface area contributed by atoms with Gasteiger partial charge in [-0.1, -0.05) is 26.0 Å². The number of carbonyl (C=O) groups is 1. The van der Waals surface area contributed by atoms with E-state index in [-0.39, 0.29) is 23.1 Å². The van der Waals surface area contributed by atoms with Crippen molar-refractivity contribution in [2.45, 2.75) is 39.3 Å². The van der Waals surface area contributed by atoms with Gasteiger partial charge in [-0.3, -0.25) is 4.79 Å². The van der Waals surface area contributed by atoms with Crippen LogP contribution in [0.25, 0.3) is 0 Å². The summed E-state index contributed by atoms with van der Waals surface area (Å²) in [5.41, 5.74) is -0.157. The maximum Gasteiger partial charge on any atom is 0.257 e. The SMILES string of the molecule is CC(C)C1CN(C(=O)c2ccccc2F)C(C)(C)CN1. The molecule has 0 spiro atoms. The minimum Gasteiger partial charge on any atom is -0.331 e. The molecule has 1 aliphatic heterocycles. The quantitative estimate of drug-likeness (QED) is 0.902. The Morgan fingerprint density at radius 1 is 1.40 bits per heavy atom. The van der Waals surface area contributed by atoms with Crippen LogP contribution in [0.5, 0.6) is 0 Å². The fraction of sp³-hybridized carbons (Fsp3) is 0.562. The fourth-order valence-electron chi connectivity index (χ4n) is 2.57. The van der Waals surface area contributed by atoms with Gasteiger partial charge in [0.25, 0.3) is 5.91 Å². The normalized spacial score (nSPS) is 22.1. The Labute approximate surface area is 120 Å². The van der Waals surface area contributed by atoms with Gasteiger partial charge in [0, 0.05) is 19.1 Å². The lowest BCUT2D eigenvalue weighted by Crippen LogP contribution is -2.64. The number of piperazine rings is 1. The second-order valence-corrected chi connectivity index (χ2v) is 6.44. The summed E-state index contributed by atoms with van der Waals surface area (Å²) >= 11 is 0. The maximum atomic E-state index is 13.8. The highest BCUT2D eigenvalue weighted by Crippen LogP contribution is 2.24. The van der Waals surface area contributed by atoms with Crippen molar-refractivity contribution in [3.05, 3.63) is 35.6 Å². The number of nitrogens with one attached hydrogen (secondary N) is 1. The van der Waals surface area contributed by atoms with Gasteiger partial charge in [-0.15, -0.1) is 0 Å². The molecule has 1 saturated heterocycles. The maximum absolute atomic E-state index is 13.8. The third-order valence-electron chi connectivity index (χ3n) is 4.06.